The van der Waals surface area contributed by atoms with Crippen molar-refractivity contribution in [1.82, 2.24) is 10.2 Å². The number of nitrogens with two attached hydrogens (primary N) is 1. The van der Waals surface area contributed by atoms with Gasteiger partial charge in [-0.25, -0.2) is 0 Å². The van der Waals surface area contributed by atoms with E-state index in [4.69, 9.17) is 5.73 Å². The highest BCUT2D eigenvalue weighted by molar-refractivity contribution is 5.74. The van der Waals surface area contributed by atoms with Crippen molar-refractivity contribution >= 4 is 5.69 Å². The first-order valence-corrected chi connectivity index (χ1v) is 5.09. The molecule has 0 fully saturated rings. The molecule has 0 aliphatic rings. The number of rotatable bonds is 2. The van der Waals surface area contributed by atoms with Crippen LogP contribution in [-0.4, -0.2) is 10.2 Å². The van der Waals surface area contributed by atoms with Crippen LogP contribution in [0.4, 0.5) is 5.69 Å². The van der Waals surface area contributed by atoms with Crippen molar-refractivity contribution in [2.75, 3.05) is 5.73 Å². The van der Waals surface area contributed by atoms with Crippen LogP contribution < -0.4 is 5.73 Å². The van der Waals surface area contributed by atoms with Crippen molar-refractivity contribution in [3.05, 3.63) is 36.0 Å². The maximum atomic E-state index is 6.04. The van der Waals surface area contributed by atoms with Gasteiger partial charge in [0.15, 0.2) is 0 Å². The molecule has 0 saturated heterocycles. The van der Waals surface area contributed by atoms with Crippen LogP contribution >= 0.6 is 0 Å². The molecule has 0 unspecified atom stereocenters. The fraction of sp³-hybridized carbons (Fsp3) is 0.250. The van der Waals surface area contributed by atoms with E-state index < -0.39 is 0 Å². The molecule has 0 atom stereocenters. The molecule has 0 spiro atoms. The van der Waals surface area contributed by atoms with Crippen LogP contribution in [0.15, 0.2) is 30.3 Å². The Morgan fingerprint density at radius 2 is 1.87 bits per heavy atom. The summed E-state index contributed by atoms with van der Waals surface area (Å²) in [5.74, 6) is 0.370. The Labute approximate surface area is 89.3 Å². The van der Waals surface area contributed by atoms with Gasteiger partial charge in [-0.15, -0.1) is 0 Å². The molecule has 1 aromatic carbocycles. The number of benzene rings is 1. The predicted molar refractivity (Wildman–Crippen MR) is 62.5 cm³/mol. The number of nitrogens with one attached hydrogen (secondary N) is 1. The van der Waals surface area contributed by atoms with E-state index in [1.165, 1.54) is 0 Å². The molecule has 1 aromatic heterocycles. The minimum absolute atomic E-state index is 0.370. The first-order valence-electron chi connectivity index (χ1n) is 5.09. The summed E-state index contributed by atoms with van der Waals surface area (Å²) in [4.78, 5) is 0. The molecular formula is C12H15N3. The summed E-state index contributed by atoms with van der Waals surface area (Å²) < 4.78 is 0. The minimum atomic E-state index is 0.370. The summed E-state index contributed by atoms with van der Waals surface area (Å²) in [5, 5.41) is 7.25. The van der Waals surface area contributed by atoms with Crippen molar-refractivity contribution < 1.29 is 0 Å². The summed E-state index contributed by atoms with van der Waals surface area (Å²) in [6.45, 7) is 4.19. The van der Waals surface area contributed by atoms with Gasteiger partial charge in [-0.1, -0.05) is 44.2 Å². The lowest BCUT2D eigenvalue weighted by Crippen LogP contribution is -1.94. The predicted octanol–water partition coefficient (Wildman–Crippen LogP) is 2.78. The summed E-state index contributed by atoms with van der Waals surface area (Å²) in [7, 11) is 0. The van der Waals surface area contributed by atoms with Gasteiger partial charge in [0.1, 0.15) is 5.69 Å². The van der Waals surface area contributed by atoms with E-state index in [1.54, 1.807) is 0 Å². The highest BCUT2D eigenvalue weighted by Gasteiger charge is 2.13. The zero-order valence-electron chi connectivity index (χ0n) is 8.99. The van der Waals surface area contributed by atoms with Gasteiger partial charge in [0.2, 0.25) is 0 Å². The Bertz CT molecular complexity index is 443. The van der Waals surface area contributed by atoms with Crippen LogP contribution in [0.5, 0.6) is 0 Å². The lowest BCUT2D eigenvalue weighted by Gasteiger charge is -2.02. The fourth-order valence-corrected chi connectivity index (χ4v) is 1.62. The molecule has 78 valence electrons. The van der Waals surface area contributed by atoms with Crippen molar-refractivity contribution in [3.63, 3.8) is 0 Å². The normalized spacial score (nSPS) is 10.9. The van der Waals surface area contributed by atoms with E-state index in [9.17, 15) is 0 Å². The average Bonchev–Trinajstić information content (AvgIpc) is 2.61. The van der Waals surface area contributed by atoms with E-state index in [0.29, 0.717) is 5.92 Å². The standard InChI is InChI=1S/C12H15N3/c1-8(2)11-10(13)12(15-14-11)9-6-4-3-5-7-9/h3-8H,13H2,1-2H3,(H,14,15). The number of aromatic amines is 1. The molecule has 0 bridgehead atoms. The smallest absolute Gasteiger partial charge is 0.115 e. The molecule has 2 rings (SSSR count). The summed E-state index contributed by atoms with van der Waals surface area (Å²) in [6, 6.07) is 9.97. The second kappa shape index (κ2) is 3.77. The molecule has 0 aliphatic heterocycles. The Hall–Kier alpha value is -1.77. The van der Waals surface area contributed by atoms with Gasteiger partial charge >= 0.3 is 0 Å². The molecule has 3 heteroatoms. The molecule has 0 amide bonds. The van der Waals surface area contributed by atoms with Gasteiger partial charge in [-0.2, -0.15) is 5.10 Å². The van der Waals surface area contributed by atoms with Gasteiger partial charge in [-0.3, -0.25) is 5.10 Å². The Morgan fingerprint density at radius 3 is 2.40 bits per heavy atom. The highest BCUT2D eigenvalue weighted by Crippen LogP contribution is 2.29. The summed E-state index contributed by atoms with van der Waals surface area (Å²) >= 11 is 0. The Balaban J connectivity index is 2.47. The largest absolute Gasteiger partial charge is 0.395 e. The lowest BCUT2D eigenvalue weighted by atomic mass is 10.1. The molecule has 15 heavy (non-hydrogen) atoms. The van der Waals surface area contributed by atoms with Crippen LogP contribution in [0.1, 0.15) is 25.5 Å². The van der Waals surface area contributed by atoms with Crippen molar-refractivity contribution in [3.8, 4) is 11.3 Å². The van der Waals surface area contributed by atoms with E-state index in [1.807, 2.05) is 30.3 Å². The van der Waals surface area contributed by atoms with E-state index in [0.717, 1.165) is 22.6 Å². The summed E-state index contributed by atoms with van der Waals surface area (Å²) in [5.41, 5.74) is 9.71. The minimum Gasteiger partial charge on any atom is -0.395 e. The van der Waals surface area contributed by atoms with Crippen molar-refractivity contribution in [1.29, 1.82) is 0 Å². The summed E-state index contributed by atoms with van der Waals surface area (Å²) in [6.07, 6.45) is 0. The average molecular weight is 201 g/mol. The highest BCUT2D eigenvalue weighted by atomic mass is 15.1. The zero-order valence-corrected chi connectivity index (χ0v) is 8.99. The topological polar surface area (TPSA) is 54.7 Å². The van der Waals surface area contributed by atoms with Gasteiger partial charge in [0.05, 0.1) is 11.4 Å². The van der Waals surface area contributed by atoms with Gasteiger partial charge in [0, 0.05) is 5.56 Å². The van der Waals surface area contributed by atoms with Crippen molar-refractivity contribution in [2.45, 2.75) is 19.8 Å². The van der Waals surface area contributed by atoms with Crippen LogP contribution in [0, 0.1) is 0 Å². The van der Waals surface area contributed by atoms with E-state index in [2.05, 4.69) is 24.0 Å². The van der Waals surface area contributed by atoms with Gasteiger partial charge in [-0.05, 0) is 5.92 Å². The number of H-pyrrole nitrogens is 1. The van der Waals surface area contributed by atoms with Crippen molar-refractivity contribution in [2.24, 2.45) is 0 Å². The van der Waals surface area contributed by atoms with Gasteiger partial charge < -0.3 is 5.73 Å². The molecule has 3 N–H and O–H groups in total. The third kappa shape index (κ3) is 1.73. The molecule has 3 nitrogen and oxygen atoms in total. The van der Waals surface area contributed by atoms with E-state index >= 15 is 0 Å². The van der Waals surface area contributed by atoms with Gasteiger partial charge in [0.25, 0.3) is 0 Å². The van der Waals surface area contributed by atoms with Crippen LogP contribution in [0.25, 0.3) is 11.3 Å². The Morgan fingerprint density at radius 1 is 1.20 bits per heavy atom. The van der Waals surface area contributed by atoms with Crippen LogP contribution in [0.3, 0.4) is 0 Å². The molecule has 0 radical (unpaired) electrons. The maximum Gasteiger partial charge on any atom is 0.115 e. The number of hydrogen-bond donors (Lipinski definition) is 2. The number of aromatic nitrogens is 2. The fourth-order valence-electron chi connectivity index (χ4n) is 1.62. The Kier molecular flexibility index (Phi) is 2.46. The monoisotopic (exact) mass is 201 g/mol. The molecule has 0 aliphatic carbocycles. The SMILES string of the molecule is CC(C)c1[nH]nc(-c2ccccc2)c1N. The maximum absolute atomic E-state index is 6.04. The first kappa shape index (κ1) is 9.77. The lowest BCUT2D eigenvalue weighted by molar-refractivity contribution is 0.813. The quantitative estimate of drug-likeness (QED) is 0.785. The molecule has 0 saturated carbocycles. The van der Waals surface area contributed by atoms with Crippen LogP contribution in [-0.2, 0) is 0 Å². The zero-order chi connectivity index (χ0) is 10.8. The number of anilines is 1. The third-order valence-electron chi connectivity index (χ3n) is 2.46. The second-order valence-corrected chi connectivity index (χ2v) is 3.92. The molecule has 1 heterocycles. The number of hydrogen-bond acceptors (Lipinski definition) is 2. The second-order valence-electron chi connectivity index (χ2n) is 3.92. The van der Waals surface area contributed by atoms with E-state index in [-0.39, 0.29) is 0 Å². The number of nitrogens with zero attached hydrogens (tertiary/aromatic N) is 1. The number of nitrogen functional groups attached to an aromatic ring is 1. The first-order chi connectivity index (χ1) is 7.20. The van der Waals surface area contributed by atoms with Crippen LogP contribution in [0.2, 0.25) is 0 Å². The molecular weight excluding hydrogens is 186 g/mol. The third-order valence-corrected chi connectivity index (χ3v) is 2.46. The molecule has 2 aromatic rings.